The van der Waals surface area contributed by atoms with Crippen molar-refractivity contribution in [1.82, 2.24) is 0 Å². The van der Waals surface area contributed by atoms with Gasteiger partial charge in [-0.2, -0.15) is 0 Å². The maximum atomic E-state index is 5.92. The van der Waals surface area contributed by atoms with Gasteiger partial charge in [0.1, 0.15) is 0 Å². The molecule has 0 fully saturated rings. The monoisotopic (exact) mass is 303 g/mol. The van der Waals surface area contributed by atoms with Crippen molar-refractivity contribution in [3.8, 4) is 0 Å². The lowest BCUT2D eigenvalue weighted by Crippen LogP contribution is -2.01. The van der Waals surface area contributed by atoms with Gasteiger partial charge >= 0.3 is 0 Å². The number of rotatable bonds is 14. The summed E-state index contributed by atoms with van der Waals surface area (Å²) in [7, 11) is 0. The van der Waals surface area contributed by atoms with Crippen LogP contribution in [0.4, 0.5) is 0 Å². The van der Waals surface area contributed by atoms with Crippen molar-refractivity contribution < 1.29 is 4.74 Å². The molecule has 0 heterocycles. The highest BCUT2D eigenvalue weighted by molar-refractivity contribution is 5.17. The average molecular weight is 304 g/mol. The van der Waals surface area contributed by atoms with Crippen LogP contribution < -0.4 is 0 Å². The molecule has 1 rings (SSSR count). The van der Waals surface area contributed by atoms with E-state index in [0.29, 0.717) is 0 Å². The summed E-state index contributed by atoms with van der Waals surface area (Å²) < 4.78 is 5.92. The second-order valence-corrected chi connectivity index (χ2v) is 6.23. The Morgan fingerprint density at radius 3 is 2.00 bits per heavy atom. The van der Waals surface area contributed by atoms with Crippen LogP contribution in [0.5, 0.6) is 0 Å². The minimum Gasteiger partial charge on any atom is -0.368 e. The molecule has 1 heteroatoms. The SMILES string of the molecule is CCCCCCCCCCC[CH]OC(CC)c1ccccc1. The van der Waals surface area contributed by atoms with E-state index < -0.39 is 0 Å². The highest BCUT2D eigenvalue weighted by Gasteiger charge is 2.08. The van der Waals surface area contributed by atoms with Gasteiger partial charge in [-0.25, -0.2) is 0 Å². The zero-order chi connectivity index (χ0) is 15.9. The molecule has 1 aromatic rings. The van der Waals surface area contributed by atoms with E-state index in [0.717, 1.165) is 12.8 Å². The quantitative estimate of drug-likeness (QED) is 0.329. The normalized spacial score (nSPS) is 12.5. The van der Waals surface area contributed by atoms with Crippen LogP contribution in [-0.2, 0) is 4.74 Å². The molecule has 0 aliphatic heterocycles. The molecule has 0 aromatic heterocycles. The molecule has 1 radical (unpaired) electrons. The van der Waals surface area contributed by atoms with Gasteiger partial charge < -0.3 is 4.74 Å². The number of ether oxygens (including phenoxy) is 1. The molecule has 125 valence electrons. The van der Waals surface area contributed by atoms with Gasteiger partial charge in [0.25, 0.3) is 0 Å². The van der Waals surface area contributed by atoms with E-state index in [-0.39, 0.29) is 6.10 Å². The third-order valence-corrected chi connectivity index (χ3v) is 4.23. The summed E-state index contributed by atoms with van der Waals surface area (Å²) in [5.74, 6) is 0. The third kappa shape index (κ3) is 9.25. The van der Waals surface area contributed by atoms with Crippen LogP contribution >= 0.6 is 0 Å². The lowest BCUT2D eigenvalue weighted by Gasteiger charge is -2.16. The van der Waals surface area contributed by atoms with Crippen LogP contribution in [0.2, 0.25) is 0 Å². The van der Waals surface area contributed by atoms with Crippen LogP contribution in [0.25, 0.3) is 0 Å². The Morgan fingerprint density at radius 2 is 1.41 bits per heavy atom. The molecule has 1 nitrogen and oxygen atoms in total. The molecule has 0 N–H and O–H groups in total. The van der Waals surface area contributed by atoms with Crippen molar-refractivity contribution in [2.75, 3.05) is 0 Å². The average Bonchev–Trinajstić information content (AvgIpc) is 2.57. The first-order chi connectivity index (χ1) is 10.9. The Hall–Kier alpha value is -0.820. The molecule has 1 unspecified atom stereocenters. The molecule has 0 aliphatic carbocycles. The van der Waals surface area contributed by atoms with E-state index >= 15 is 0 Å². The Labute approximate surface area is 138 Å². The van der Waals surface area contributed by atoms with Gasteiger partial charge in [-0.3, -0.25) is 0 Å². The largest absolute Gasteiger partial charge is 0.368 e. The van der Waals surface area contributed by atoms with Crippen molar-refractivity contribution in [1.29, 1.82) is 0 Å². The third-order valence-electron chi connectivity index (χ3n) is 4.23. The topological polar surface area (TPSA) is 9.23 Å². The number of benzene rings is 1. The molecule has 22 heavy (non-hydrogen) atoms. The molecule has 0 aliphatic rings. The summed E-state index contributed by atoms with van der Waals surface area (Å²) in [6.45, 7) is 6.49. The van der Waals surface area contributed by atoms with Gasteiger partial charge in [0.05, 0.1) is 12.7 Å². The number of unbranched alkanes of at least 4 members (excludes halogenated alkanes) is 9. The van der Waals surface area contributed by atoms with E-state index in [1.54, 1.807) is 0 Å². The molecule has 0 saturated carbocycles. The standard InChI is InChI=1S/C21H35O/c1-3-5-6-7-8-9-10-11-12-16-19-22-21(4-2)20-17-14-13-15-18-20/h13-15,17-19,21H,3-12,16H2,1-2H3. The summed E-state index contributed by atoms with van der Waals surface area (Å²) in [6.07, 6.45) is 14.8. The smallest absolute Gasteiger partial charge is 0.0845 e. The minimum atomic E-state index is 0.222. The van der Waals surface area contributed by atoms with Crippen LogP contribution in [0.15, 0.2) is 30.3 Å². The van der Waals surface area contributed by atoms with Gasteiger partial charge in [-0.15, -0.1) is 0 Å². The summed E-state index contributed by atoms with van der Waals surface area (Å²) in [5.41, 5.74) is 1.29. The molecular formula is C21H35O. The van der Waals surface area contributed by atoms with Crippen LogP contribution in [-0.4, -0.2) is 0 Å². The zero-order valence-electron chi connectivity index (χ0n) is 14.7. The molecule has 0 spiro atoms. The van der Waals surface area contributed by atoms with Gasteiger partial charge in [0.2, 0.25) is 0 Å². The molecule has 1 aromatic carbocycles. The van der Waals surface area contributed by atoms with Gasteiger partial charge in [-0.05, 0) is 18.4 Å². The lowest BCUT2D eigenvalue weighted by molar-refractivity contribution is 0.0964. The van der Waals surface area contributed by atoms with Gasteiger partial charge in [0.15, 0.2) is 0 Å². The number of hydrogen-bond donors (Lipinski definition) is 0. The predicted molar refractivity (Wildman–Crippen MR) is 96.7 cm³/mol. The second-order valence-electron chi connectivity index (χ2n) is 6.23. The fourth-order valence-electron chi connectivity index (χ4n) is 2.80. The highest BCUT2D eigenvalue weighted by Crippen LogP contribution is 2.22. The Morgan fingerprint density at radius 1 is 0.818 bits per heavy atom. The molecule has 0 saturated heterocycles. The van der Waals surface area contributed by atoms with Gasteiger partial charge in [0, 0.05) is 0 Å². The summed E-state index contributed by atoms with van der Waals surface area (Å²) in [6, 6.07) is 10.5. The second kappa shape index (κ2) is 13.8. The number of hydrogen-bond acceptors (Lipinski definition) is 1. The maximum absolute atomic E-state index is 5.92. The van der Waals surface area contributed by atoms with E-state index in [9.17, 15) is 0 Å². The first-order valence-corrected chi connectivity index (χ1v) is 9.40. The van der Waals surface area contributed by atoms with Crippen LogP contribution in [0.1, 0.15) is 96.1 Å². The molecule has 0 amide bonds. The molecule has 0 bridgehead atoms. The first kappa shape index (κ1) is 19.2. The van der Waals surface area contributed by atoms with E-state index in [4.69, 9.17) is 4.74 Å². The Kier molecular flexibility index (Phi) is 12.1. The van der Waals surface area contributed by atoms with E-state index in [2.05, 4.69) is 44.2 Å². The van der Waals surface area contributed by atoms with Crippen molar-refractivity contribution in [3.63, 3.8) is 0 Å². The molecular weight excluding hydrogens is 268 g/mol. The van der Waals surface area contributed by atoms with Crippen LogP contribution in [0, 0.1) is 6.61 Å². The summed E-state index contributed by atoms with van der Waals surface area (Å²) >= 11 is 0. The molecule has 1 atom stereocenters. The summed E-state index contributed by atoms with van der Waals surface area (Å²) in [5, 5.41) is 0. The van der Waals surface area contributed by atoms with Crippen LogP contribution in [0.3, 0.4) is 0 Å². The van der Waals surface area contributed by atoms with Gasteiger partial charge in [-0.1, -0.05) is 102 Å². The zero-order valence-corrected chi connectivity index (χ0v) is 14.7. The van der Waals surface area contributed by atoms with Crippen molar-refractivity contribution in [2.24, 2.45) is 0 Å². The Bertz CT molecular complexity index is 333. The fourth-order valence-corrected chi connectivity index (χ4v) is 2.80. The highest BCUT2D eigenvalue weighted by atomic mass is 16.5. The maximum Gasteiger partial charge on any atom is 0.0845 e. The van der Waals surface area contributed by atoms with Crippen molar-refractivity contribution in [3.05, 3.63) is 42.5 Å². The van der Waals surface area contributed by atoms with E-state index in [1.807, 2.05) is 6.61 Å². The minimum absolute atomic E-state index is 0.222. The van der Waals surface area contributed by atoms with Crippen molar-refractivity contribution in [2.45, 2.75) is 90.6 Å². The first-order valence-electron chi connectivity index (χ1n) is 9.40. The lowest BCUT2D eigenvalue weighted by atomic mass is 10.1. The predicted octanol–water partition coefficient (Wildman–Crippen LogP) is 7.24. The summed E-state index contributed by atoms with van der Waals surface area (Å²) in [4.78, 5) is 0. The fraction of sp³-hybridized carbons (Fsp3) is 0.667. The van der Waals surface area contributed by atoms with E-state index in [1.165, 1.54) is 63.4 Å². The van der Waals surface area contributed by atoms with Crippen molar-refractivity contribution >= 4 is 0 Å². The Balaban J connectivity index is 1.94.